The molecular weight excluding hydrogens is 262 g/mol. The molecule has 1 saturated heterocycles. The first kappa shape index (κ1) is 14.9. The second-order valence-corrected chi connectivity index (χ2v) is 5.95. The number of ether oxygens (including phenoxy) is 1. The lowest BCUT2D eigenvalue weighted by molar-refractivity contribution is 0.131. The summed E-state index contributed by atoms with van der Waals surface area (Å²) in [7, 11) is 1.66. The van der Waals surface area contributed by atoms with Crippen LogP contribution in [-0.4, -0.2) is 59.7 Å². The summed E-state index contributed by atoms with van der Waals surface area (Å²) in [6, 6.07) is 0. The van der Waals surface area contributed by atoms with Gasteiger partial charge in [-0.05, 0) is 6.54 Å². The number of thiazole rings is 1. The van der Waals surface area contributed by atoms with Crippen LogP contribution in [0.5, 0.6) is 0 Å². The fraction of sp³-hybridized carbons (Fsp3) is 0.769. The highest BCUT2D eigenvalue weighted by Crippen LogP contribution is 2.21. The van der Waals surface area contributed by atoms with E-state index in [1.165, 1.54) is 0 Å². The van der Waals surface area contributed by atoms with Crippen molar-refractivity contribution in [1.82, 2.24) is 14.8 Å². The zero-order valence-corrected chi connectivity index (χ0v) is 12.6. The van der Waals surface area contributed by atoms with Gasteiger partial charge in [-0.25, -0.2) is 4.98 Å². The second kappa shape index (κ2) is 7.31. The summed E-state index contributed by atoms with van der Waals surface area (Å²) < 4.78 is 5.12. The van der Waals surface area contributed by atoms with Crippen molar-refractivity contribution in [3.63, 3.8) is 0 Å². The van der Waals surface area contributed by atoms with Crippen LogP contribution < -0.4 is 0 Å². The maximum atomic E-state index is 9.33. The highest BCUT2D eigenvalue weighted by Gasteiger charge is 2.18. The van der Waals surface area contributed by atoms with Gasteiger partial charge >= 0.3 is 0 Å². The number of likely N-dealkylation sites (N-methyl/N-ethyl adjacent to an activating group) is 1. The fourth-order valence-electron chi connectivity index (χ4n) is 2.33. The fourth-order valence-corrected chi connectivity index (χ4v) is 3.31. The molecule has 0 bridgehead atoms. The topological polar surface area (TPSA) is 48.8 Å². The van der Waals surface area contributed by atoms with E-state index in [4.69, 9.17) is 4.74 Å². The minimum Gasteiger partial charge on any atom is -0.391 e. The summed E-state index contributed by atoms with van der Waals surface area (Å²) >= 11 is 1.60. The molecule has 1 aliphatic rings. The van der Waals surface area contributed by atoms with Crippen molar-refractivity contribution in [2.24, 2.45) is 0 Å². The molecule has 1 N–H and O–H groups in total. The SMILES string of the molecule is CCN1CCN(Cc2nc(COC)c(CO)s2)CC1. The predicted octanol–water partition coefficient (Wildman–Crippen LogP) is 0.919. The van der Waals surface area contributed by atoms with E-state index in [-0.39, 0.29) is 6.61 Å². The molecule has 1 aromatic rings. The quantitative estimate of drug-likeness (QED) is 0.842. The van der Waals surface area contributed by atoms with E-state index in [1.54, 1.807) is 18.4 Å². The van der Waals surface area contributed by atoms with Crippen molar-refractivity contribution in [2.75, 3.05) is 39.8 Å². The van der Waals surface area contributed by atoms with Crippen molar-refractivity contribution >= 4 is 11.3 Å². The van der Waals surface area contributed by atoms with Gasteiger partial charge in [0.05, 0.1) is 30.3 Å². The van der Waals surface area contributed by atoms with Crippen molar-refractivity contribution in [3.8, 4) is 0 Å². The molecule has 0 aliphatic carbocycles. The molecule has 2 rings (SSSR count). The molecule has 19 heavy (non-hydrogen) atoms. The Kier molecular flexibility index (Phi) is 5.72. The van der Waals surface area contributed by atoms with Gasteiger partial charge in [-0.1, -0.05) is 6.92 Å². The molecule has 1 fully saturated rings. The summed E-state index contributed by atoms with van der Waals surface area (Å²) in [5.74, 6) is 0. The summed E-state index contributed by atoms with van der Waals surface area (Å²) in [6.07, 6.45) is 0. The molecule has 0 radical (unpaired) electrons. The van der Waals surface area contributed by atoms with E-state index in [1.807, 2.05) is 0 Å². The third-order valence-corrected chi connectivity index (χ3v) is 4.59. The highest BCUT2D eigenvalue weighted by atomic mass is 32.1. The van der Waals surface area contributed by atoms with E-state index in [2.05, 4.69) is 21.7 Å². The van der Waals surface area contributed by atoms with Crippen LogP contribution in [0.4, 0.5) is 0 Å². The molecule has 0 atom stereocenters. The number of piperazine rings is 1. The lowest BCUT2D eigenvalue weighted by Crippen LogP contribution is -2.45. The van der Waals surface area contributed by atoms with E-state index >= 15 is 0 Å². The van der Waals surface area contributed by atoms with Gasteiger partial charge in [-0.15, -0.1) is 11.3 Å². The second-order valence-electron chi connectivity index (χ2n) is 4.78. The molecule has 0 unspecified atom stereocenters. The number of rotatable bonds is 6. The van der Waals surface area contributed by atoms with Crippen molar-refractivity contribution < 1.29 is 9.84 Å². The molecule has 0 saturated carbocycles. The normalized spacial score (nSPS) is 18.1. The third-order valence-electron chi connectivity index (χ3n) is 3.52. The largest absolute Gasteiger partial charge is 0.391 e. The molecule has 1 aromatic heterocycles. The Morgan fingerprint density at radius 2 is 1.95 bits per heavy atom. The van der Waals surface area contributed by atoms with Gasteiger partial charge in [0.2, 0.25) is 0 Å². The van der Waals surface area contributed by atoms with Crippen molar-refractivity contribution in [3.05, 3.63) is 15.6 Å². The molecule has 0 amide bonds. The summed E-state index contributed by atoms with van der Waals surface area (Å²) in [5, 5.41) is 10.4. The van der Waals surface area contributed by atoms with Crippen LogP contribution in [0, 0.1) is 0 Å². The number of methoxy groups -OCH3 is 1. The maximum absolute atomic E-state index is 9.33. The summed E-state index contributed by atoms with van der Waals surface area (Å²) in [6.45, 7) is 9.25. The Labute approximate surface area is 118 Å². The van der Waals surface area contributed by atoms with Crippen LogP contribution >= 0.6 is 11.3 Å². The lowest BCUT2D eigenvalue weighted by Gasteiger charge is -2.33. The zero-order valence-electron chi connectivity index (χ0n) is 11.8. The number of aromatic nitrogens is 1. The summed E-state index contributed by atoms with van der Waals surface area (Å²) in [5.41, 5.74) is 0.886. The van der Waals surface area contributed by atoms with E-state index in [0.717, 1.165) is 54.8 Å². The number of hydrogen-bond acceptors (Lipinski definition) is 6. The third kappa shape index (κ3) is 3.97. The van der Waals surface area contributed by atoms with Crippen LogP contribution in [0.3, 0.4) is 0 Å². The average Bonchev–Trinajstić information content (AvgIpc) is 2.82. The smallest absolute Gasteiger partial charge is 0.107 e. The standard InChI is InChI=1S/C13H23N3O2S/c1-3-15-4-6-16(7-5-15)8-13-14-11(10-18-2)12(9-17)19-13/h17H,3-10H2,1-2H3. The molecule has 2 heterocycles. The number of aliphatic hydroxyl groups excluding tert-OH is 1. The minimum atomic E-state index is 0.0555. The van der Waals surface area contributed by atoms with Crippen molar-refractivity contribution in [1.29, 1.82) is 0 Å². The first-order valence-corrected chi connectivity index (χ1v) is 7.60. The number of aliphatic hydroxyl groups is 1. The Balaban J connectivity index is 1.92. The van der Waals surface area contributed by atoms with Crippen LogP contribution in [0.25, 0.3) is 0 Å². The lowest BCUT2D eigenvalue weighted by atomic mass is 10.3. The molecule has 0 aromatic carbocycles. The molecule has 6 heteroatoms. The van der Waals surface area contributed by atoms with Gasteiger partial charge in [0, 0.05) is 33.3 Å². The Morgan fingerprint density at radius 3 is 2.53 bits per heavy atom. The molecule has 5 nitrogen and oxygen atoms in total. The minimum absolute atomic E-state index is 0.0555. The summed E-state index contributed by atoms with van der Waals surface area (Å²) in [4.78, 5) is 10.4. The maximum Gasteiger partial charge on any atom is 0.107 e. The van der Waals surface area contributed by atoms with Gasteiger partial charge in [-0.2, -0.15) is 0 Å². The van der Waals surface area contributed by atoms with Crippen LogP contribution in [0.2, 0.25) is 0 Å². The van der Waals surface area contributed by atoms with Gasteiger partial charge in [0.25, 0.3) is 0 Å². The van der Waals surface area contributed by atoms with Crippen LogP contribution in [-0.2, 0) is 24.5 Å². The highest BCUT2D eigenvalue weighted by molar-refractivity contribution is 7.11. The Bertz CT molecular complexity index is 389. The van der Waals surface area contributed by atoms with E-state index in [0.29, 0.717) is 6.61 Å². The number of hydrogen-bond donors (Lipinski definition) is 1. The monoisotopic (exact) mass is 285 g/mol. The predicted molar refractivity (Wildman–Crippen MR) is 76.1 cm³/mol. The molecule has 1 aliphatic heterocycles. The van der Waals surface area contributed by atoms with E-state index in [9.17, 15) is 5.11 Å². The molecular formula is C13H23N3O2S. The van der Waals surface area contributed by atoms with Crippen LogP contribution in [0.15, 0.2) is 0 Å². The first-order valence-electron chi connectivity index (χ1n) is 6.78. The Hall–Kier alpha value is -0.530. The molecule has 0 spiro atoms. The van der Waals surface area contributed by atoms with Gasteiger partial charge < -0.3 is 14.7 Å². The molecule has 108 valence electrons. The zero-order chi connectivity index (χ0) is 13.7. The Morgan fingerprint density at radius 1 is 1.26 bits per heavy atom. The van der Waals surface area contributed by atoms with Gasteiger partial charge in [-0.3, -0.25) is 4.90 Å². The van der Waals surface area contributed by atoms with Crippen molar-refractivity contribution in [2.45, 2.75) is 26.7 Å². The van der Waals surface area contributed by atoms with Gasteiger partial charge in [0.1, 0.15) is 5.01 Å². The van der Waals surface area contributed by atoms with E-state index < -0.39 is 0 Å². The first-order chi connectivity index (χ1) is 9.26. The van der Waals surface area contributed by atoms with Crippen LogP contribution in [0.1, 0.15) is 22.5 Å². The van der Waals surface area contributed by atoms with Gasteiger partial charge in [0.15, 0.2) is 0 Å². The average molecular weight is 285 g/mol. The number of nitrogens with zero attached hydrogens (tertiary/aromatic N) is 3.